The fourth-order valence-corrected chi connectivity index (χ4v) is 6.28. The van der Waals surface area contributed by atoms with Gasteiger partial charge in [0.05, 0.1) is 33.1 Å². The standard InChI is InChI=1S/C35H47N3O6/c1-7-21(2)32(35(41)36-18-17-23-11-9-8-10-12-23)38-28-16-14-25-26(20-29(28)40)27(37-22(3)39)15-13-24-19-30(42-4)33(43-5)34(44-6)31(24)25/h11,14,16,19-21,27,32H,7-10,12-13,15,17-18H2,1-6H3,(H,36,41)(H,37,39)(H,38,40)/t21-,27+,32+/m0/s1. The Balaban J connectivity index is 1.76. The molecule has 2 amide bonds. The molecule has 4 rings (SSSR count). The fraction of sp³-hybridized carbons (Fsp3) is 0.514. The summed E-state index contributed by atoms with van der Waals surface area (Å²) >= 11 is 0. The molecule has 0 heterocycles. The molecule has 0 spiro atoms. The van der Waals surface area contributed by atoms with Crippen LogP contribution in [0.15, 0.2) is 40.7 Å². The van der Waals surface area contributed by atoms with Gasteiger partial charge in [-0.1, -0.05) is 38.0 Å². The number of anilines is 1. The van der Waals surface area contributed by atoms with Gasteiger partial charge in [0, 0.05) is 19.0 Å². The molecule has 0 unspecified atom stereocenters. The first-order valence-electron chi connectivity index (χ1n) is 15.7. The van der Waals surface area contributed by atoms with Gasteiger partial charge in [-0.25, -0.2) is 0 Å². The lowest BCUT2D eigenvalue weighted by atomic mass is 9.95. The highest BCUT2D eigenvalue weighted by Crippen LogP contribution is 2.50. The molecule has 9 nitrogen and oxygen atoms in total. The predicted octanol–water partition coefficient (Wildman–Crippen LogP) is 5.70. The van der Waals surface area contributed by atoms with Gasteiger partial charge >= 0.3 is 0 Å². The third-order valence-corrected chi connectivity index (χ3v) is 8.85. The summed E-state index contributed by atoms with van der Waals surface area (Å²) in [7, 11) is 4.70. The number of allylic oxidation sites excluding steroid dienone is 1. The van der Waals surface area contributed by atoms with E-state index in [0.717, 1.165) is 42.4 Å². The third-order valence-electron chi connectivity index (χ3n) is 8.85. The van der Waals surface area contributed by atoms with Crippen molar-refractivity contribution in [2.45, 2.75) is 84.2 Å². The van der Waals surface area contributed by atoms with E-state index in [4.69, 9.17) is 14.2 Å². The van der Waals surface area contributed by atoms with E-state index in [1.807, 2.05) is 26.0 Å². The van der Waals surface area contributed by atoms with Crippen LogP contribution in [0, 0.1) is 5.92 Å². The van der Waals surface area contributed by atoms with Crippen LogP contribution in [0.25, 0.3) is 11.1 Å². The molecule has 238 valence electrons. The van der Waals surface area contributed by atoms with Crippen molar-refractivity contribution in [2.75, 3.05) is 33.2 Å². The molecular weight excluding hydrogens is 558 g/mol. The van der Waals surface area contributed by atoms with Gasteiger partial charge in [-0.05, 0) is 85.8 Å². The molecule has 0 aromatic heterocycles. The van der Waals surface area contributed by atoms with Crippen LogP contribution in [0.4, 0.5) is 5.69 Å². The number of carbonyl (C=O) groups is 2. The van der Waals surface area contributed by atoms with Crippen LogP contribution in [0.5, 0.6) is 17.2 Å². The van der Waals surface area contributed by atoms with Gasteiger partial charge in [-0.3, -0.25) is 14.4 Å². The molecule has 2 aromatic carbocycles. The van der Waals surface area contributed by atoms with Crippen LogP contribution in [-0.2, 0) is 16.0 Å². The van der Waals surface area contributed by atoms with Gasteiger partial charge in [-0.15, -0.1) is 0 Å². The predicted molar refractivity (Wildman–Crippen MR) is 174 cm³/mol. The number of rotatable bonds is 12. The number of amides is 2. The highest BCUT2D eigenvalue weighted by atomic mass is 16.5. The van der Waals surface area contributed by atoms with Gasteiger partial charge in [-0.2, -0.15) is 0 Å². The van der Waals surface area contributed by atoms with Gasteiger partial charge < -0.3 is 30.2 Å². The SMILES string of the molecule is CC[C@H](C)[C@@H](Nc1ccc2c(cc1=O)[C@H](NC(C)=O)CCc1cc(OC)c(OC)c(OC)c1-2)C(=O)NCCC1=CCCCC1. The second kappa shape index (κ2) is 15.1. The smallest absolute Gasteiger partial charge is 0.242 e. The molecule has 0 bridgehead atoms. The maximum absolute atomic E-state index is 13.8. The lowest BCUT2D eigenvalue weighted by molar-refractivity contribution is -0.123. The van der Waals surface area contributed by atoms with Crippen LogP contribution < -0.4 is 35.6 Å². The number of carbonyl (C=O) groups excluding carboxylic acids is 2. The highest BCUT2D eigenvalue weighted by Gasteiger charge is 2.30. The molecule has 44 heavy (non-hydrogen) atoms. The molecule has 0 saturated heterocycles. The first-order valence-corrected chi connectivity index (χ1v) is 15.7. The van der Waals surface area contributed by atoms with Crippen LogP contribution in [0.1, 0.15) is 82.9 Å². The van der Waals surface area contributed by atoms with Crippen molar-refractivity contribution in [1.82, 2.24) is 10.6 Å². The number of ether oxygens (including phenoxy) is 3. The van der Waals surface area contributed by atoms with Crippen molar-refractivity contribution in [1.29, 1.82) is 0 Å². The lowest BCUT2D eigenvalue weighted by Gasteiger charge is -2.24. The Bertz CT molecular complexity index is 1450. The Morgan fingerprint density at radius 3 is 2.43 bits per heavy atom. The Hall–Kier alpha value is -4.01. The number of hydrogen-bond acceptors (Lipinski definition) is 7. The van der Waals surface area contributed by atoms with E-state index in [1.165, 1.54) is 25.3 Å². The summed E-state index contributed by atoms with van der Waals surface area (Å²) in [5.74, 6) is 1.15. The van der Waals surface area contributed by atoms with Crippen molar-refractivity contribution in [3.8, 4) is 28.4 Å². The van der Waals surface area contributed by atoms with Crippen molar-refractivity contribution < 1.29 is 23.8 Å². The Labute approximate surface area is 260 Å². The number of hydrogen-bond donors (Lipinski definition) is 3. The molecule has 0 fully saturated rings. The lowest BCUT2D eigenvalue weighted by Crippen LogP contribution is -2.44. The minimum atomic E-state index is -0.590. The fourth-order valence-electron chi connectivity index (χ4n) is 6.28. The molecule has 3 atom stereocenters. The van der Waals surface area contributed by atoms with E-state index >= 15 is 0 Å². The maximum atomic E-state index is 13.8. The molecule has 2 aromatic rings. The first kappa shape index (κ1) is 32.9. The Morgan fingerprint density at radius 1 is 1.02 bits per heavy atom. The molecular formula is C35H47N3O6. The van der Waals surface area contributed by atoms with Crippen LogP contribution >= 0.6 is 0 Å². The zero-order valence-corrected chi connectivity index (χ0v) is 26.9. The number of aryl methyl sites for hydroxylation is 1. The largest absolute Gasteiger partial charge is 0.493 e. The quantitative estimate of drug-likeness (QED) is 0.266. The minimum absolute atomic E-state index is 0.0173. The summed E-state index contributed by atoms with van der Waals surface area (Å²) in [5, 5.41) is 9.43. The monoisotopic (exact) mass is 605 g/mol. The van der Waals surface area contributed by atoms with Crippen molar-refractivity contribution in [3.63, 3.8) is 0 Å². The minimum Gasteiger partial charge on any atom is -0.493 e. The van der Waals surface area contributed by atoms with Crippen LogP contribution in [0.2, 0.25) is 0 Å². The zero-order chi connectivity index (χ0) is 31.8. The normalized spacial score (nSPS) is 17.0. The van der Waals surface area contributed by atoms with Crippen molar-refractivity contribution in [2.24, 2.45) is 5.92 Å². The molecule has 2 aliphatic carbocycles. The van der Waals surface area contributed by atoms with Crippen LogP contribution in [-0.4, -0.2) is 45.7 Å². The van der Waals surface area contributed by atoms with Gasteiger partial charge in [0.25, 0.3) is 0 Å². The van der Waals surface area contributed by atoms with E-state index in [0.29, 0.717) is 47.9 Å². The first-order chi connectivity index (χ1) is 21.2. The summed E-state index contributed by atoms with van der Waals surface area (Å²) in [5.41, 5.74) is 4.60. The van der Waals surface area contributed by atoms with Crippen molar-refractivity contribution >= 4 is 17.5 Å². The number of methoxy groups -OCH3 is 3. The van der Waals surface area contributed by atoms with Gasteiger partial charge in [0.15, 0.2) is 11.5 Å². The summed E-state index contributed by atoms with van der Waals surface area (Å²) < 4.78 is 17.2. The van der Waals surface area contributed by atoms with E-state index in [-0.39, 0.29) is 23.2 Å². The average Bonchev–Trinajstić information content (AvgIpc) is 3.26. The number of fused-ring (bicyclic) bond motifs is 3. The molecule has 9 heteroatoms. The number of benzene rings is 1. The topological polar surface area (TPSA) is 115 Å². The average molecular weight is 606 g/mol. The third kappa shape index (κ3) is 7.37. The summed E-state index contributed by atoms with van der Waals surface area (Å²) in [6.45, 7) is 6.09. The van der Waals surface area contributed by atoms with Gasteiger partial charge in [0.1, 0.15) is 6.04 Å². The molecule has 3 N–H and O–H groups in total. The van der Waals surface area contributed by atoms with Crippen LogP contribution in [0.3, 0.4) is 0 Å². The maximum Gasteiger partial charge on any atom is 0.242 e. The van der Waals surface area contributed by atoms with Crippen molar-refractivity contribution in [3.05, 3.63) is 57.3 Å². The summed E-state index contributed by atoms with van der Waals surface area (Å²) in [6, 6.07) is 6.10. The Kier molecular flexibility index (Phi) is 11.3. The molecule has 0 radical (unpaired) electrons. The summed E-state index contributed by atoms with van der Waals surface area (Å²) in [6.07, 6.45) is 9.73. The molecule has 0 saturated carbocycles. The molecule has 0 aliphatic heterocycles. The highest BCUT2D eigenvalue weighted by molar-refractivity contribution is 5.86. The van der Waals surface area contributed by atoms with Gasteiger partial charge in [0.2, 0.25) is 23.0 Å². The number of nitrogens with one attached hydrogen (secondary N) is 3. The zero-order valence-electron chi connectivity index (χ0n) is 26.9. The Morgan fingerprint density at radius 2 is 1.80 bits per heavy atom. The summed E-state index contributed by atoms with van der Waals surface area (Å²) in [4.78, 5) is 39.5. The van der Waals surface area contributed by atoms with E-state index in [2.05, 4.69) is 22.0 Å². The van der Waals surface area contributed by atoms with E-state index in [9.17, 15) is 14.4 Å². The molecule has 2 aliphatic rings. The second-order valence-electron chi connectivity index (χ2n) is 11.8. The van der Waals surface area contributed by atoms with E-state index < -0.39 is 12.1 Å². The second-order valence-corrected chi connectivity index (χ2v) is 11.8. The van der Waals surface area contributed by atoms with E-state index in [1.54, 1.807) is 33.5 Å².